The quantitative estimate of drug-likeness (QED) is 0.593. The number of hydrogen-bond acceptors (Lipinski definition) is 3. The summed E-state index contributed by atoms with van der Waals surface area (Å²) < 4.78 is 0. The lowest BCUT2D eigenvalue weighted by Gasteiger charge is -2.24. The Kier molecular flexibility index (Phi) is 5.49. The number of hydrogen-bond donors (Lipinski definition) is 3. The number of aliphatic carboxylic acids is 1. The van der Waals surface area contributed by atoms with Crippen molar-refractivity contribution in [3.05, 3.63) is 0 Å². The standard InChI is InChI=1S/C10H18N2O4/c1-4-10(3,9(15)16)12-8(14)5-6-11-7(2)13/h4-6H2,1-3H3,(H,11,13)(H,12,14)(H,15,16). The lowest BCUT2D eigenvalue weighted by Crippen LogP contribution is -2.52. The number of carbonyl (C=O) groups excluding carboxylic acids is 2. The zero-order valence-corrected chi connectivity index (χ0v) is 9.79. The lowest BCUT2D eigenvalue weighted by atomic mass is 9.99. The van der Waals surface area contributed by atoms with Crippen LogP contribution in [0.5, 0.6) is 0 Å². The lowest BCUT2D eigenvalue weighted by molar-refractivity contribution is -0.147. The van der Waals surface area contributed by atoms with Crippen molar-refractivity contribution in [2.24, 2.45) is 0 Å². The van der Waals surface area contributed by atoms with Crippen LogP contribution in [0.1, 0.15) is 33.6 Å². The Hall–Kier alpha value is -1.59. The van der Waals surface area contributed by atoms with E-state index < -0.39 is 11.5 Å². The molecule has 0 rings (SSSR count). The first-order chi connectivity index (χ1) is 7.31. The summed E-state index contributed by atoms with van der Waals surface area (Å²) in [5.74, 6) is -1.67. The summed E-state index contributed by atoms with van der Waals surface area (Å²) >= 11 is 0. The highest BCUT2D eigenvalue weighted by molar-refractivity contribution is 5.86. The van der Waals surface area contributed by atoms with Crippen molar-refractivity contribution in [2.45, 2.75) is 39.2 Å². The van der Waals surface area contributed by atoms with Crippen molar-refractivity contribution in [3.63, 3.8) is 0 Å². The third-order valence-corrected chi connectivity index (χ3v) is 2.32. The molecule has 1 unspecified atom stereocenters. The third kappa shape index (κ3) is 4.77. The van der Waals surface area contributed by atoms with Gasteiger partial charge in [-0.1, -0.05) is 6.92 Å². The molecule has 6 nitrogen and oxygen atoms in total. The van der Waals surface area contributed by atoms with Gasteiger partial charge in [0.2, 0.25) is 11.8 Å². The predicted molar refractivity (Wildman–Crippen MR) is 57.8 cm³/mol. The SMILES string of the molecule is CCC(C)(NC(=O)CCNC(C)=O)C(=O)O. The Morgan fingerprint density at radius 2 is 1.88 bits per heavy atom. The monoisotopic (exact) mass is 230 g/mol. The fourth-order valence-corrected chi connectivity index (χ4v) is 1.02. The molecule has 16 heavy (non-hydrogen) atoms. The maximum Gasteiger partial charge on any atom is 0.329 e. The second-order valence-electron chi connectivity index (χ2n) is 3.77. The van der Waals surface area contributed by atoms with Crippen LogP contribution in [-0.2, 0) is 14.4 Å². The van der Waals surface area contributed by atoms with E-state index in [-0.39, 0.29) is 24.8 Å². The molecule has 2 amide bonds. The molecule has 0 saturated carbocycles. The van der Waals surface area contributed by atoms with Crippen molar-refractivity contribution in [2.75, 3.05) is 6.54 Å². The van der Waals surface area contributed by atoms with Crippen molar-refractivity contribution in [1.29, 1.82) is 0 Å². The van der Waals surface area contributed by atoms with Crippen LogP contribution >= 0.6 is 0 Å². The first-order valence-electron chi connectivity index (χ1n) is 5.10. The molecule has 1 atom stereocenters. The molecular formula is C10H18N2O4. The minimum atomic E-state index is -1.24. The third-order valence-electron chi connectivity index (χ3n) is 2.32. The van der Waals surface area contributed by atoms with E-state index in [1.807, 2.05) is 0 Å². The Morgan fingerprint density at radius 1 is 1.31 bits per heavy atom. The highest BCUT2D eigenvalue weighted by atomic mass is 16.4. The summed E-state index contributed by atoms with van der Waals surface area (Å²) in [5, 5.41) is 13.8. The van der Waals surface area contributed by atoms with Gasteiger partial charge in [-0.25, -0.2) is 4.79 Å². The first-order valence-corrected chi connectivity index (χ1v) is 5.10. The van der Waals surface area contributed by atoms with Crippen LogP contribution in [0, 0.1) is 0 Å². The van der Waals surface area contributed by atoms with E-state index in [9.17, 15) is 14.4 Å². The van der Waals surface area contributed by atoms with Crippen LogP contribution in [0.2, 0.25) is 0 Å². The highest BCUT2D eigenvalue weighted by Crippen LogP contribution is 2.09. The number of amides is 2. The fourth-order valence-electron chi connectivity index (χ4n) is 1.02. The normalized spacial score (nSPS) is 13.7. The van der Waals surface area contributed by atoms with Gasteiger partial charge in [0.1, 0.15) is 5.54 Å². The van der Waals surface area contributed by atoms with E-state index in [1.165, 1.54) is 13.8 Å². The number of carboxylic acids is 1. The Labute approximate surface area is 94.4 Å². The minimum Gasteiger partial charge on any atom is -0.480 e. The summed E-state index contributed by atoms with van der Waals surface area (Å²) in [6, 6.07) is 0. The smallest absolute Gasteiger partial charge is 0.329 e. The molecule has 0 aliphatic carbocycles. The summed E-state index contributed by atoms with van der Waals surface area (Å²) in [6.45, 7) is 4.69. The highest BCUT2D eigenvalue weighted by Gasteiger charge is 2.32. The van der Waals surface area contributed by atoms with Gasteiger partial charge in [0, 0.05) is 19.9 Å². The Morgan fingerprint density at radius 3 is 2.25 bits per heavy atom. The molecule has 6 heteroatoms. The van der Waals surface area contributed by atoms with Gasteiger partial charge in [0.15, 0.2) is 0 Å². The van der Waals surface area contributed by atoms with E-state index in [2.05, 4.69) is 10.6 Å². The van der Waals surface area contributed by atoms with Gasteiger partial charge in [-0.05, 0) is 13.3 Å². The average Bonchev–Trinajstić information content (AvgIpc) is 2.16. The largest absolute Gasteiger partial charge is 0.480 e. The van der Waals surface area contributed by atoms with Gasteiger partial charge < -0.3 is 15.7 Å². The van der Waals surface area contributed by atoms with Crippen LogP contribution in [0.15, 0.2) is 0 Å². The topological polar surface area (TPSA) is 95.5 Å². The van der Waals surface area contributed by atoms with Crippen LogP contribution in [0.3, 0.4) is 0 Å². The molecule has 0 saturated heterocycles. The molecule has 0 aromatic carbocycles. The summed E-state index contributed by atoms with van der Waals surface area (Å²) in [4.78, 5) is 32.8. The van der Waals surface area contributed by atoms with Crippen LogP contribution in [0.25, 0.3) is 0 Å². The molecule has 3 N–H and O–H groups in total. The number of carbonyl (C=O) groups is 3. The maximum atomic E-state index is 11.4. The summed E-state index contributed by atoms with van der Waals surface area (Å²) in [7, 11) is 0. The molecular weight excluding hydrogens is 212 g/mol. The van der Waals surface area contributed by atoms with Gasteiger partial charge >= 0.3 is 5.97 Å². The van der Waals surface area contributed by atoms with Gasteiger partial charge in [-0.15, -0.1) is 0 Å². The Balaban J connectivity index is 4.12. The van der Waals surface area contributed by atoms with Crippen LogP contribution in [0.4, 0.5) is 0 Å². The van der Waals surface area contributed by atoms with E-state index in [4.69, 9.17) is 5.11 Å². The first kappa shape index (κ1) is 14.4. The summed E-state index contributed by atoms with van der Waals surface area (Å²) in [5.41, 5.74) is -1.24. The molecule has 0 radical (unpaired) electrons. The van der Waals surface area contributed by atoms with Gasteiger partial charge in [-0.2, -0.15) is 0 Å². The van der Waals surface area contributed by atoms with E-state index in [0.29, 0.717) is 6.42 Å². The van der Waals surface area contributed by atoms with Crippen molar-refractivity contribution < 1.29 is 19.5 Å². The molecule has 0 heterocycles. The van der Waals surface area contributed by atoms with Crippen molar-refractivity contribution in [3.8, 4) is 0 Å². The molecule has 0 aromatic heterocycles. The van der Waals surface area contributed by atoms with Crippen LogP contribution < -0.4 is 10.6 Å². The second-order valence-corrected chi connectivity index (χ2v) is 3.77. The molecule has 92 valence electrons. The molecule has 0 spiro atoms. The average molecular weight is 230 g/mol. The number of nitrogens with one attached hydrogen (secondary N) is 2. The molecule has 0 bridgehead atoms. The van der Waals surface area contributed by atoms with Gasteiger partial charge in [-0.3, -0.25) is 9.59 Å². The van der Waals surface area contributed by atoms with E-state index >= 15 is 0 Å². The zero-order chi connectivity index (χ0) is 12.8. The van der Waals surface area contributed by atoms with E-state index in [1.54, 1.807) is 6.92 Å². The molecule has 0 aliphatic rings. The fraction of sp³-hybridized carbons (Fsp3) is 0.700. The maximum absolute atomic E-state index is 11.4. The number of carboxylic acid groups (broad SMARTS) is 1. The van der Waals surface area contributed by atoms with Crippen LogP contribution in [-0.4, -0.2) is 35.0 Å². The predicted octanol–water partition coefficient (Wildman–Crippen LogP) is -0.118. The molecule has 0 fully saturated rings. The summed E-state index contributed by atoms with van der Waals surface area (Å²) in [6.07, 6.45) is 0.372. The van der Waals surface area contributed by atoms with E-state index in [0.717, 1.165) is 0 Å². The minimum absolute atomic E-state index is 0.0719. The van der Waals surface area contributed by atoms with Crippen molar-refractivity contribution >= 4 is 17.8 Å². The molecule has 0 aromatic rings. The van der Waals surface area contributed by atoms with Gasteiger partial charge in [0.05, 0.1) is 0 Å². The second kappa shape index (κ2) is 6.09. The zero-order valence-electron chi connectivity index (χ0n) is 9.79. The van der Waals surface area contributed by atoms with Crippen molar-refractivity contribution in [1.82, 2.24) is 10.6 Å². The molecule has 0 aliphatic heterocycles. The Bertz CT molecular complexity index is 291. The van der Waals surface area contributed by atoms with Gasteiger partial charge in [0.25, 0.3) is 0 Å². The number of rotatable bonds is 6.